The van der Waals surface area contributed by atoms with Gasteiger partial charge >= 0.3 is 51.4 Å². The molecule has 0 saturated heterocycles. The van der Waals surface area contributed by atoms with Gasteiger partial charge in [-0.3, -0.25) is 6.07 Å². The van der Waals surface area contributed by atoms with Crippen LogP contribution in [0.2, 0.25) is 0 Å². The summed E-state index contributed by atoms with van der Waals surface area (Å²) in [4.78, 5) is 12.0. The van der Waals surface area contributed by atoms with E-state index in [0.29, 0.717) is 23.8 Å². The SMILES string of the molecule is C=C(C)S(=O)(=O)Nc1cc(N(C)[C-]=O)[c-]cc1Oc1cccc(OCCC)c1.[CH3-].[K+]. The monoisotopic (exact) mass is 456 g/mol. The molecule has 0 fully saturated rings. The quantitative estimate of drug-likeness (QED) is 0.331. The van der Waals surface area contributed by atoms with E-state index in [0.717, 1.165) is 11.3 Å². The van der Waals surface area contributed by atoms with Gasteiger partial charge < -0.3 is 31.3 Å². The van der Waals surface area contributed by atoms with E-state index < -0.39 is 10.0 Å². The summed E-state index contributed by atoms with van der Waals surface area (Å²) in [7, 11) is -2.34. The molecule has 30 heavy (non-hydrogen) atoms. The molecule has 0 saturated carbocycles. The van der Waals surface area contributed by atoms with E-state index in [9.17, 15) is 13.2 Å². The number of hydrogen-bond donors (Lipinski definition) is 1. The Hall–Kier alpha value is -1.36. The van der Waals surface area contributed by atoms with Crippen molar-refractivity contribution in [3.8, 4) is 17.2 Å². The third kappa shape index (κ3) is 8.05. The molecule has 2 rings (SSSR count). The van der Waals surface area contributed by atoms with Gasteiger partial charge in [0.25, 0.3) is 10.0 Å². The number of nitrogens with one attached hydrogen (secondary N) is 1. The van der Waals surface area contributed by atoms with Crippen LogP contribution >= 0.6 is 0 Å². The van der Waals surface area contributed by atoms with Crippen LogP contribution in [-0.2, 0) is 14.8 Å². The number of carbonyl (C=O) groups excluding carboxylic acids is 1. The molecule has 0 aliphatic heterocycles. The van der Waals surface area contributed by atoms with Crippen molar-refractivity contribution in [3.63, 3.8) is 0 Å². The average molecular weight is 457 g/mol. The van der Waals surface area contributed by atoms with Crippen LogP contribution in [0.25, 0.3) is 0 Å². The first-order valence-corrected chi connectivity index (χ1v) is 10.0. The Bertz CT molecular complexity index is 964. The van der Waals surface area contributed by atoms with Gasteiger partial charge in [0, 0.05) is 11.8 Å². The summed E-state index contributed by atoms with van der Waals surface area (Å²) < 4.78 is 38.3. The van der Waals surface area contributed by atoms with Crippen molar-refractivity contribution in [2.75, 3.05) is 23.3 Å². The van der Waals surface area contributed by atoms with E-state index in [-0.39, 0.29) is 75.2 Å². The summed E-state index contributed by atoms with van der Waals surface area (Å²) in [6, 6.07) is 12.7. The van der Waals surface area contributed by atoms with Crippen molar-refractivity contribution in [1.82, 2.24) is 0 Å². The van der Waals surface area contributed by atoms with Crippen molar-refractivity contribution in [1.29, 1.82) is 0 Å². The molecule has 1 N–H and O–H groups in total. The van der Waals surface area contributed by atoms with E-state index in [1.165, 1.54) is 26.1 Å². The molecule has 0 bridgehead atoms. The Morgan fingerprint density at radius 1 is 1.30 bits per heavy atom. The molecule has 2 aromatic carbocycles. The largest absolute Gasteiger partial charge is 1.00 e. The van der Waals surface area contributed by atoms with Crippen LogP contribution < -0.4 is 70.5 Å². The number of hydrogen-bond acceptors (Lipinski definition) is 5. The molecular weight excluding hydrogens is 431 g/mol. The normalized spacial score (nSPS) is 10.1. The molecule has 158 valence electrons. The van der Waals surface area contributed by atoms with Gasteiger partial charge in [0.2, 0.25) is 0 Å². The van der Waals surface area contributed by atoms with E-state index in [4.69, 9.17) is 9.47 Å². The summed E-state index contributed by atoms with van der Waals surface area (Å²) in [5.41, 5.74) is 0.459. The van der Waals surface area contributed by atoms with Gasteiger partial charge in [0.05, 0.1) is 17.9 Å². The molecule has 7 nitrogen and oxygen atoms in total. The Labute approximate surface area is 221 Å². The number of sulfonamides is 1. The van der Waals surface area contributed by atoms with Crippen LogP contribution in [0.3, 0.4) is 0 Å². The van der Waals surface area contributed by atoms with Crippen LogP contribution in [0.1, 0.15) is 20.3 Å². The van der Waals surface area contributed by atoms with Crippen molar-refractivity contribution >= 4 is 27.8 Å². The summed E-state index contributed by atoms with van der Waals surface area (Å²) in [5, 5.41) is 0. The summed E-state index contributed by atoms with van der Waals surface area (Å²) >= 11 is 0. The summed E-state index contributed by atoms with van der Waals surface area (Å²) in [6.07, 6.45) is 2.56. The van der Waals surface area contributed by atoms with Gasteiger partial charge in [-0.05, 0) is 38.2 Å². The topological polar surface area (TPSA) is 84.9 Å². The predicted molar refractivity (Wildman–Crippen MR) is 115 cm³/mol. The van der Waals surface area contributed by atoms with Gasteiger partial charge in [-0.25, -0.2) is 20.2 Å². The van der Waals surface area contributed by atoms with Gasteiger partial charge in [-0.2, -0.15) is 6.07 Å². The molecule has 9 heteroatoms. The van der Waals surface area contributed by atoms with Crippen molar-refractivity contribution < 1.29 is 74.1 Å². The number of anilines is 2. The van der Waals surface area contributed by atoms with Gasteiger partial charge in [-0.15, -0.1) is 0 Å². The second-order valence-corrected chi connectivity index (χ2v) is 7.89. The van der Waals surface area contributed by atoms with Crippen molar-refractivity contribution in [2.24, 2.45) is 0 Å². The van der Waals surface area contributed by atoms with E-state index in [2.05, 4.69) is 17.4 Å². The molecule has 2 aromatic rings. The standard InChI is InChI=1S/C20H22N2O5S.CH3.K/c1-5-11-26-17-7-6-8-18(13-17)27-20-10-9-16(22(4)14-23)12-19(20)21-28(24,25)15(2)3;;/h6-8,10,12-13,21H,2,5,11H2,1,3-4H3;1H3;/q-2;-1;+1. The van der Waals surface area contributed by atoms with Crippen LogP contribution in [0.4, 0.5) is 11.4 Å². The maximum absolute atomic E-state index is 12.2. The number of rotatable bonds is 10. The van der Waals surface area contributed by atoms with E-state index in [1.807, 2.05) is 6.92 Å². The Morgan fingerprint density at radius 3 is 2.57 bits per heavy atom. The van der Waals surface area contributed by atoms with Crippen LogP contribution in [-0.4, -0.2) is 28.5 Å². The second kappa shape index (κ2) is 13.1. The average Bonchev–Trinajstić information content (AvgIpc) is 2.67. The molecule has 0 atom stereocenters. The maximum Gasteiger partial charge on any atom is 1.00 e. The number of allylic oxidation sites excluding steroid dienone is 1. The predicted octanol–water partition coefficient (Wildman–Crippen LogP) is 1.30. The zero-order valence-corrected chi connectivity index (χ0v) is 21.9. The Balaban J connectivity index is 0.00000420. The van der Waals surface area contributed by atoms with Gasteiger partial charge in [-0.1, -0.05) is 19.6 Å². The molecule has 0 radical (unpaired) electrons. The molecule has 0 aromatic heterocycles. The molecule has 0 aliphatic rings. The number of amides is 1. The smallest absolute Gasteiger partial charge is 0.515 e. The fraction of sp³-hybridized carbons (Fsp3) is 0.238. The fourth-order valence-electron chi connectivity index (χ4n) is 2.08. The summed E-state index contributed by atoms with van der Waals surface area (Å²) in [5.74, 6) is 1.31. The molecule has 0 aliphatic carbocycles. The zero-order chi connectivity index (χ0) is 20.7. The van der Waals surface area contributed by atoms with Crippen molar-refractivity contribution in [3.05, 3.63) is 61.4 Å². The molecule has 0 heterocycles. The first-order chi connectivity index (χ1) is 13.3. The van der Waals surface area contributed by atoms with Gasteiger partial charge in [0.15, 0.2) is 0 Å². The van der Waals surface area contributed by atoms with Crippen molar-refractivity contribution in [2.45, 2.75) is 20.3 Å². The van der Waals surface area contributed by atoms with Gasteiger partial charge in [0.1, 0.15) is 11.5 Å². The van der Waals surface area contributed by atoms with Crippen LogP contribution in [0.5, 0.6) is 17.2 Å². The second-order valence-electron chi connectivity index (χ2n) is 5.98. The molecule has 0 unspecified atom stereocenters. The number of ether oxygens (including phenoxy) is 2. The number of benzene rings is 2. The molecular formula is C21H25KN2O5S-2. The third-order valence-corrected chi connectivity index (χ3v) is 5.01. The first kappa shape index (κ1) is 28.6. The number of nitrogens with zero attached hydrogens (tertiary/aromatic N) is 1. The minimum Gasteiger partial charge on any atom is -0.515 e. The zero-order valence-electron chi connectivity index (χ0n) is 18.0. The Kier molecular flexibility index (Phi) is 12.5. The molecule has 1 amide bonds. The fourth-order valence-corrected chi connectivity index (χ4v) is 2.70. The van der Waals surface area contributed by atoms with Crippen LogP contribution in [0, 0.1) is 13.5 Å². The third-order valence-electron chi connectivity index (χ3n) is 3.61. The summed E-state index contributed by atoms with van der Waals surface area (Å²) in [6.45, 7) is 7.41. The molecule has 0 spiro atoms. The minimum absolute atomic E-state index is 0. The Morgan fingerprint density at radius 2 is 1.97 bits per heavy atom. The van der Waals surface area contributed by atoms with E-state index >= 15 is 0 Å². The first-order valence-electron chi connectivity index (χ1n) is 8.53. The minimum atomic E-state index is -3.82. The maximum atomic E-state index is 12.2. The van der Waals surface area contributed by atoms with E-state index in [1.54, 1.807) is 30.7 Å². The van der Waals surface area contributed by atoms with Crippen LogP contribution in [0.15, 0.2) is 47.9 Å².